The number of aromatic nitrogens is 2. The number of aryl methyl sites for hydroxylation is 1. The van der Waals surface area contributed by atoms with E-state index in [2.05, 4.69) is 9.88 Å². The molecular weight excluding hydrogens is 250 g/mol. The van der Waals surface area contributed by atoms with E-state index in [1.54, 1.807) is 24.4 Å². The molecule has 0 saturated carbocycles. The first-order chi connectivity index (χ1) is 8.56. The Morgan fingerprint density at radius 2 is 2.17 bits per heavy atom. The first-order valence-electron chi connectivity index (χ1n) is 5.68. The van der Waals surface area contributed by atoms with Crippen molar-refractivity contribution in [1.82, 2.24) is 14.5 Å². The van der Waals surface area contributed by atoms with Crippen LogP contribution >= 0.6 is 11.6 Å². The van der Waals surface area contributed by atoms with E-state index in [-0.39, 0.29) is 5.75 Å². The molecule has 4 nitrogen and oxygen atoms in total. The second kappa shape index (κ2) is 5.42. The van der Waals surface area contributed by atoms with Gasteiger partial charge in [0.1, 0.15) is 11.6 Å². The Kier molecular flexibility index (Phi) is 3.89. The molecule has 5 heteroatoms. The number of phenols is 1. The van der Waals surface area contributed by atoms with Gasteiger partial charge in [0.2, 0.25) is 0 Å². The largest absolute Gasteiger partial charge is 0.508 e. The van der Waals surface area contributed by atoms with Gasteiger partial charge in [-0.1, -0.05) is 11.6 Å². The van der Waals surface area contributed by atoms with Gasteiger partial charge in [0, 0.05) is 36.6 Å². The van der Waals surface area contributed by atoms with Crippen LogP contribution < -0.4 is 0 Å². The third-order valence-electron chi connectivity index (χ3n) is 2.81. The number of rotatable bonds is 4. The van der Waals surface area contributed by atoms with Gasteiger partial charge in [0.25, 0.3) is 0 Å². The fourth-order valence-corrected chi connectivity index (χ4v) is 2.01. The van der Waals surface area contributed by atoms with Gasteiger partial charge < -0.3 is 9.67 Å². The highest BCUT2D eigenvalue weighted by atomic mass is 35.5. The van der Waals surface area contributed by atoms with Gasteiger partial charge in [-0.05, 0) is 25.2 Å². The lowest BCUT2D eigenvalue weighted by Crippen LogP contribution is -2.19. The molecule has 18 heavy (non-hydrogen) atoms. The number of halogens is 1. The van der Waals surface area contributed by atoms with Crippen LogP contribution in [0.3, 0.4) is 0 Å². The zero-order chi connectivity index (χ0) is 13.1. The quantitative estimate of drug-likeness (QED) is 0.923. The van der Waals surface area contributed by atoms with E-state index < -0.39 is 0 Å². The minimum Gasteiger partial charge on any atom is -0.508 e. The number of phenolic OH excluding ortho intramolecular Hbond substituents is 1. The maximum Gasteiger partial charge on any atom is 0.122 e. The summed E-state index contributed by atoms with van der Waals surface area (Å²) in [5, 5.41) is 10.4. The third-order valence-corrected chi connectivity index (χ3v) is 3.05. The fourth-order valence-electron chi connectivity index (χ4n) is 1.82. The monoisotopic (exact) mass is 265 g/mol. The SMILES string of the molecule is CN(Cc1cc(Cl)ccc1O)Cc1nccn1C. The lowest BCUT2D eigenvalue weighted by Gasteiger charge is -2.17. The predicted octanol–water partition coefficient (Wildman–Crippen LogP) is 2.41. The van der Waals surface area contributed by atoms with Crippen LogP contribution in [0.5, 0.6) is 5.75 Å². The number of benzene rings is 1. The second-order valence-corrected chi connectivity index (χ2v) is 4.84. The standard InChI is InChI=1S/C13H16ClN3O/c1-16(9-13-15-5-6-17(13)2)8-10-7-11(14)3-4-12(10)18/h3-7,18H,8-9H2,1-2H3. The average molecular weight is 266 g/mol. The van der Waals surface area contributed by atoms with Crippen molar-refractivity contribution in [2.75, 3.05) is 7.05 Å². The maximum atomic E-state index is 9.76. The molecule has 0 atom stereocenters. The molecule has 0 saturated heterocycles. The highest BCUT2D eigenvalue weighted by Gasteiger charge is 2.08. The summed E-state index contributed by atoms with van der Waals surface area (Å²) in [5.41, 5.74) is 0.819. The minimum atomic E-state index is 0.270. The molecule has 1 N–H and O–H groups in total. The van der Waals surface area contributed by atoms with E-state index in [1.807, 2.05) is 24.9 Å². The van der Waals surface area contributed by atoms with Crippen molar-refractivity contribution in [3.8, 4) is 5.75 Å². The van der Waals surface area contributed by atoms with Crippen LogP contribution in [0.25, 0.3) is 0 Å². The summed E-state index contributed by atoms with van der Waals surface area (Å²) in [7, 11) is 3.95. The summed E-state index contributed by atoms with van der Waals surface area (Å²) in [4.78, 5) is 6.35. The predicted molar refractivity (Wildman–Crippen MR) is 71.5 cm³/mol. The van der Waals surface area contributed by atoms with Crippen LogP contribution in [0.4, 0.5) is 0 Å². The van der Waals surface area contributed by atoms with Gasteiger partial charge in [-0.25, -0.2) is 4.98 Å². The molecule has 0 aliphatic heterocycles. The molecule has 0 radical (unpaired) electrons. The highest BCUT2D eigenvalue weighted by Crippen LogP contribution is 2.22. The average Bonchev–Trinajstić information content (AvgIpc) is 2.70. The van der Waals surface area contributed by atoms with Gasteiger partial charge in [0.15, 0.2) is 0 Å². The molecule has 0 aliphatic carbocycles. The molecule has 0 bridgehead atoms. The van der Waals surface area contributed by atoms with Gasteiger partial charge in [0.05, 0.1) is 6.54 Å². The smallest absolute Gasteiger partial charge is 0.122 e. The summed E-state index contributed by atoms with van der Waals surface area (Å²) in [6.45, 7) is 1.34. The summed E-state index contributed by atoms with van der Waals surface area (Å²) in [5.74, 6) is 1.25. The van der Waals surface area contributed by atoms with Crippen LogP contribution in [-0.2, 0) is 20.1 Å². The Balaban J connectivity index is 2.05. The first kappa shape index (κ1) is 12.9. The second-order valence-electron chi connectivity index (χ2n) is 4.40. The Hall–Kier alpha value is -1.52. The molecule has 0 unspecified atom stereocenters. The molecule has 0 aliphatic rings. The minimum absolute atomic E-state index is 0.270. The molecule has 1 aromatic carbocycles. The van der Waals surface area contributed by atoms with Crippen molar-refractivity contribution in [2.45, 2.75) is 13.1 Å². The van der Waals surface area contributed by atoms with Crippen molar-refractivity contribution in [1.29, 1.82) is 0 Å². The van der Waals surface area contributed by atoms with E-state index in [1.165, 1.54) is 0 Å². The van der Waals surface area contributed by atoms with E-state index >= 15 is 0 Å². The highest BCUT2D eigenvalue weighted by molar-refractivity contribution is 6.30. The van der Waals surface area contributed by atoms with Crippen molar-refractivity contribution < 1.29 is 5.11 Å². The van der Waals surface area contributed by atoms with Gasteiger partial charge in [-0.3, -0.25) is 4.90 Å². The molecular formula is C13H16ClN3O. The summed E-state index contributed by atoms with van der Waals surface area (Å²) in [6, 6.07) is 5.08. The van der Waals surface area contributed by atoms with Gasteiger partial charge >= 0.3 is 0 Å². The number of hydrogen-bond acceptors (Lipinski definition) is 3. The normalized spacial score (nSPS) is 11.1. The Labute approximate surface area is 111 Å². The molecule has 1 aromatic heterocycles. The van der Waals surface area contributed by atoms with Crippen LogP contribution in [0.2, 0.25) is 5.02 Å². The van der Waals surface area contributed by atoms with E-state index in [4.69, 9.17) is 11.6 Å². The van der Waals surface area contributed by atoms with Crippen molar-refractivity contribution in [3.05, 3.63) is 47.0 Å². The van der Waals surface area contributed by atoms with Crippen LogP contribution in [-0.4, -0.2) is 26.6 Å². The van der Waals surface area contributed by atoms with Crippen LogP contribution in [0, 0.1) is 0 Å². The zero-order valence-corrected chi connectivity index (χ0v) is 11.2. The maximum absolute atomic E-state index is 9.76. The number of aromatic hydroxyl groups is 1. The van der Waals surface area contributed by atoms with Crippen molar-refractivity contribution in [2.24, 2.45) is 7.05 Å². The molecule has 0 amide bonds. The van der Waals surface area contributed by atoms with Gasteiger partial charge in [-0.2, -0.15) is 0 Å². The molecule has 0 fully saturated rings. The summed E-state index contributed by atoms with van der Waals surface area (Å²) in [6.07, 6.45) is 3.69. The number of hydrogen-bond donors (Lipinski definition) is 1. The third kappa shape index (κ3) is 3.03. The van der Waals surface area contributed by atoms with Crippen molar-refractivity contribution in [3.63, 3.8) is 0 Å². The Morgan fingerprint density at radius 3 is 2.83 bits per heavy atom. The summed E-state index contributed by atoms with van der Waals surface area (Å²) >= 11 is 5.92. The molecule has 2 rings (SSSR count). The van der Waals surface area contributed by atoms with Crippen LogP contribution in [0.15, 0.2) is 30.6 Å². The van der Waals surface area contributed by atoms with E-state index in [0.717, 1.165) is 17.9 Å². The van der Waals surface area contributed by atoms with Crippen LogP contribution in [0.1, 0.15) is 11.4 Å². The Morgan fingerprint density at radius 1 is 1.39 bits per heavy atom. The van der Waals surface area contributed by atoms with E-state index in [9.17, 15) is 5.11 Å². The van der Waals surface area contributed by atoms with Gasteiger partial charge in [-0.15, -0.1) is 0 Å². The topological polar surface area (TPSA) is 41.3 Å². The molecule has 2 aromatic rings. The van der Waals surface area contributed by atoms with Crippen molar-refractivity contribution >= 4 is 11.6 Å². The zero-order valence-electron chi connectivity index (χ0n) is 10.5. The molecule has 1 heterocycles. The number of nitrogens with zero attached hydrogens (tertiary/aromatic N) is 3. The van der Waals surface area contributed by atoms with E-state index in [0.29, 0.717) is 11.6 Å². The lowest BCUT2D eigenvalue weighted by atomic mass is 10.2. The molecule has 0 spiro atoms. The summed E-state index contributed by atoms with van der Waals surface area (Å²) < 4.78 is 1.98. The number of imidazole rings is 1. The first-order valence-corrected chi connectivity index (χ1v) is 6.06. The lowest BCUT2D eigenvalue weighted by molar-refractivity contribution is 0.301. The molecule has 96 valence electrons. The fraction of sp³-hybridized carbons (Fsp3) is 0.308. The Bertz CT molecular complexity index is 539.